The minimum Gasteiger partial charge on any atom is -0.480 e. The van der Waals surface area contributed by atoms with Crippen molar-refractivity contribution >= 4 is 23.7 Å². The number of carboxylic acid groups (broad SMARTS) is 1. The van der Waals surface area contributed by atoms with Crippen LogP contribution in [0.5, 0.6) is 0 Å². The molecular weight excluding hydrogens is 450 g/mol. The minimum atomic E-state index is -1.56. The lowest BCUT2D eigenvalue weighted by atomic mass is 10.1. The summed E-state index contributed by atoms with van der Waals surface area (Å²) in [6, 6.07) is -5.34. The largest absolute Gasteiger partial charge is 0.480 e. The van der Waals surface area contributed by atoms with Crippen LogP contribution in [0, 0.1) is 0 Å². The van der Waals surface area contributed by atoms with Gasteiger partial charge in [0, 0.05) is 18.3 Å². The molecule has 0 radical (unpaired) electrons. The summed E-state index contributed by atoms with van der Waals surface area (Å²) in [5.74, 6) is -3.94. The maximum Gasteiger partial charge on any atom is 0.326 e. The number of aliphatic hydroxyl groups is 2. The Bertz CT molecular complexity index is 801. The number of carboxylic acids is 1. The molecule has 1 aromatic rings. The lowest BCUT2D eigenvalue weighted by Gasteiger charge is -2.27. The molecule has 0 saturated carbocycles. The van der Waals surface area contributed by atoms with Gasteiger partial charge < -0.3 is 47.7 Å². The van der Waals surface area contributed by atoms with Crippen LogP contribution in [-0.4, -0.2) is 91.9 Å². The molecule has 11 N–H and O–H groups in total. The fraction of sp³-hybridized carbons (Fsp3) is 0.650. The summed E-state index contributed by atoms with van der Waals surface area (Å²) in [4.78, 5) is 55.8. The highest BCUT2D eigenvalue weighted by molar-refractivity contribution is 5.94. The van der Waals surface area contributed by atoms with E-state index in [1.807, 2.05) is 0 Å². The number of carbonyl (C=O) groups is 4. The second-order valence-corrected chi connectivity index (χ2v) is 8.03. The van der Waals surface area contributed by atoms with Gasteiger partial charge in [0.15, 0.2) is 0 Å². The maximum absolute atomic E-state index is 12.7. The van der Waals surface area contributed by atoms with Crippen LogP contribution in [0.2, 0.25) is 0 Å². The number of nitrogens with one attached hydrogen (secondary N) is 4. The van der Waals surface area contributed by atoms with Crippen LogP contribution in [0.15, 0.2) is 12.5 Å². The summed E-state index contributed by atoms with van der Waals surface area (Å²) >= 11 is 0. The highest BCUT2D eigenvalue weighted by atomic mass is 16.4. The van der Waals surface area contributed by atoms with Crippen LogP contribution in [0.1, 0.15) is 38.8 Å². The molecule has 34 heavy (non-hydrogen) atoms. The fourth-order valence-corrected chi connectivity index (χ4v) is 3.03. The number of rotatable bonds is 15. The zero-order valence-corrected chi connectivity index (χ0v) is 19.2. The number of carbonyl (C=O) groups excluding carboxylic acids is 3. The first-order valence-electron chi connectivity index (χ1n) is 10.9. The first-order chi connectivity index (χ1) is 16.0. The summed E-state index contributed by atoms with van der Waals surface area (Å²) in [5.41, 5.74) is 11.7. The van der Waals surface area contributed by atoms with Crippen molar-refractivity contribution in [2.24, 2.45) is 11.5 Å². The third-order valence-electron chi connectivity index (χ3n) is 5.02. The van der Waals surface area contributed by atoms with Crippen molar-refractivity contribution in [2.75, 3.05) is 6.54 Å². The minimum absolute atomic E-state index is 0.115. The highest BCUT2D eigenvalue weighted by Gasteiger charge is 2.34. The van der Waals surface area contributed by atoms with Crippen LogP contribution in [0.3, 0.4) is 0 Å². The number of aliphatic hydroxyl groups excluding tert-OH is 2. The van der Waals surface area contributed by atoms with Gasteiger partial charge in [-0.25, -0.2) is 9.78 Å². The van der Waals surface area contributed by atoms with Crippen molar-refractivity contribution in [1.29, 1.82) is 0 Å². The number of H-pyrrole nitrogens is 1. The molecule has 0 aromatic carbocycles. The Morgan fingerprint density at radius 2 is 1.56 bits per heavy atom. The summed E-state index contributed by atoms with van der Waals surface area (Å²) in [5, 5.41) is 36.3. The van der Waals surface area contributed by atoms with Gasteiger partial charge in [0.1, 0.15) is 18.1 Å². The van der Waals surface area contributed by atoms with E-state index in [1.165, 1.54) is 26.4 Å². The SMILES string of the molecule is CC(O)C(NC(=O)C(N)CCCCN)C(=O)NC(C(=O)NC(Cc1cnc[nH]1)C(=O)O)C(C)O. The standard InChI is InChI=1S/C20H35N7O7/c1-10(28)15(18(31)25-14(20(33)34)7-12-8-23-9-24-12)27-19(32)16(11(2)29)26-17(30)13(22)5-3-4-6-21/h8-11,13-16,28-29H,3-7,21-22H2,1-2H3,(H,23,24)(H,25,31)(H,26,30)(H,27,32)(H,33,34). The number of aliphatic carboxylic acids is 1. The van der Waals surface area contributed by atoms with Crippen molar-refractivity contribution in [3.8, 4) is 0 Å². The highest BCUT2D eigenvalue weighted by Crippen LogP contribution is 2.04. The van der Waals surface area contributed by atoms with Gasteiger partial charge in [-0.15, -0.1) is 0 Å². The van der Waals surface area contributed by atoms with Crippen LogP contribution in [-0.2, 0) is 25.6 Å². The summed E-state index contributed by atoms with van der Waals surface area (Å²) in [6.45, 7) is 2.92. The quantitative estimate of drug-likeness (QED) is 0.112. The zero-order valence-electron chi connectivity index (χ0n) is 19.2. The molecule has 0 aliphatic rings. The van der Waals surface area contributed by atoms with Crippen LogP contribution in [0.4, 0.5) is 0 Å². The molecular formula is C20H35N7O7. The normalized spacial score (nSPS) is 16.4. The number of nitrogens with zero attached hydrogens (tertiary/aromatic N) is 1. The molecule has 0 aliphatic carbocycles. The van der Waals surface area contributed by atoms with Gasteiger partial charge in [-0.05, 0) is 33.2 Å². The number of unbranched alkanes of at least 4 members (excludes halogenated alkanes) is 1. The van der Waals surface area contributed by atoms with Gasteiger partial charge in [0.05, 0.1) is 24.6 Å². The third kappa shape index (κ3) is 9.43. The molecule has 1 aromatic heterocycles. The molecule has 0 spiro atoms. The summed E-state index contributed by atoms with van der Waals surface area (Å²) in [6.07, 6.45) is 1.45. The Hall–Kier alpha value is -3.07. The summed E-state index contributed by atoms with van der Waals surface area (Å²) in [7, 11) is 0. The van der Waals surface area contributed by atoms with E-state index in [4.69, 9.17) is 11.5 Å². The summed E-state index contributed by atoms with van der Waals surface area (Å²) < 4.78 is 0. The Balaban J connectivity index is 2.85. The molecule has 0 aliphatic heterocycles. The van der Waals surface area contributed by atoms with E-state index in [1.54, 1.807) is 0 Å². The molecule has 0 fully saturated rings. The monoisotopic (exact) mass is 485 g/mol. The predicted octanol–water partition coefficient (Wildman–Crippen LogP) is -3.29. The lowest BCUT2D eigenvalue weighted by Crippen LogP contribution is -2.62. The third-order valence-corrected chi connectivity index (χ3v) is 5.02. The van der Waals surface area contributed by atoms with Gasteiger partial charge in [-0.3, -0.25) is 14.4 Å². The Kier molecular flexibility index (Phi) is 12.1. The van der Waals surface area contributed by atoms with E-state index in [9.17, 15) is 34.5 Å². The molecule has 192 valence electrons. The second kappa shape index (κ2) is 14.2. The first-order valence-corrected chi connectivity index (χ1v) is 10.9. The number of imidazole rings is 1. The van der Waals surface area contributed by atoms with Gasteiger partial charge in [-0.1, -0.05) is 6.42 Å². The van der Waals surface area contributed by atoms with Gasteiger partial charge >= 0.3 is 5.97 Å². The van der Waals surface area contributed by atoms with E-state index >= 15 is 0 Å². The van der Waals surface area contributed by atoms with Crippen molar-refractivity contribution < 1.29 is 34.5 Å². The average Bonchev–Trinajstić information content (AvgIpc) is 3.27. The molecule has 0 bridgehead atoms. The van der Waals surface area contributed by atoms with Crippen molar-refractivity contribution in [3.05, 3.63) is 18.2 Å². The second-order valence-electron chi connectivity index (χ2n) is 8.03. The number of amides is 3. The molecule has 14 nitrogen and oxygen atoms in total. The van der Waals surface area contributed by atoms with Gasteiger partial charge in [0.2, 0.25) is 17.7 Å². The molecule has 1 rings (SSSR count). The smallest absolute Gasteiger partial charge is 0.326 e. The molecule has 1 heterocycles. The maximum atomic E-state index is 12.7. The molecule has 3 amide bonds. The number of hydrogen-bond acceptors (Lipinski definition) is 9. The molecule has 14 heteroatoms. The van der Waals surface area contributed by atoms with E-state index in [-0.39, 0.29) is 6.42 Å². The van der Waals surface area contributed by atoms with Crippen LogP contribution < -0.4 is 27.4 Å². The van der Waals surface area contributed by atoms with E-state index < -0.39 is 60.1 Å². The Morgan fingerprint density at radius 3 is 2.03 bits per heavy atom. The van der Waals surface area contributed by atoms with Gasteiger partial charge in [-0.2, -0.15) is 0 Å². The predicted molar refractivity (Wildman–Crippen MR) is 120 cm³/mol. The van der Waals surface area contributed by atoms with Gasteiger partial charge in [0.25, 0.3) is 0 Å². The molecule has 6 unspecified atom stereocenters. The number of hydrogen-bond donors (Lipinski definition) is 9. The van der Waals surface area contributed by atoms with Crippen LogP contribution >= 0.6 is 0 Å². The fourth-order valence-electron chi connectivity index (χ4n) is 3.03. The Labute approximate surface area is 196 Å². The molecule has 0 saturated heterocycles. The van der Waals surface area contributed by atoms with Crippen molar-refractivity contribution in [1.82, 2.24) is 25.9 Å². The number of aromatic nitrogens is 2. The average molecular weight is 486 g/mol. The van der Waals surface area contributed by atoms with Crippen molar-refractivity contribution in [2.45, 2.75) is 75.9 Å². The topological polar surface area (TPSA) is 246 Å². The van der Waals surface area contributed by atoms with E-state index in [2.05, 4.69) is 25.9 Å². The van der Waals surface area contributed by atoms with Crippen molar-refractivity contribution in [3.63, 3.8) is 0 Å². The van der Waals surface area contributed by atoms with E-state index in [0.717, 1.165) is 0 Å². The Morgan fingerprint density at radius 1 is 1.00 bits per heavy atom. The first kappa shape index (κ1) is 29.0. The number of nitrogens with two attached hydrogens (primary N) is 2. The molecule has 6 atom stereocenters. The zero-order chi connectivity index (χ0) is 25.8. The van der Waals surface area contributed by atoms with Crippen LogP contribution in [0.25, 0.3) is 0 Å². The number of aromatic amines is 1. The van der Waals surface area contributed by atoms with E-state index in [0.29, 0.717) is 31.5 Å². The lowest BCUT2D eigenvalue weighted by molar-refractivity contribution is -0.143.